The van der Waals surface area contributed by atoms with Crippen molar-refractivity contribution in [2.75, 3.05) is 12.8 Å². The highest BCUT2D eigenvalue weighted by atomic mass is 32.2. The van der Waals surface area contributed by atoms with Crippen LogP contribution >= 0.6 is 23.1 Å². The number of nitrogens with zero attached hydrogens (tertiary/aromatic N) is 2. The van der Waals surface area contributed by atoms with E-state index in [4.69, 9.17) is 0 Å². The number of thioether (sulfide) groups is 1. The molecule has 19 heavy (non-hydrogen) atoms. The number of rotatable bonds is 4. The average molecular weight is 293 g/mol. The van der Waals surface area contributed by atoms with Crippen molar-refractivity contribution in [1.29, 1.82) is 0 Å². The van der Waals surface area contributed by atoms with Crippen LogP contribution in [-0.4, -0.2) is 22.6 Å². The average Bonchev–Trinajstić information content (AvgIpc) is 3.01. The van der Waals surface area contributed by atoms with Crippen LogP contribution in [0.4, 0.5) is 0 Å². The van der Waals surface area contributed by atoms with Gasteiger partial charge < -0.3 is 5.32 Å². The molecular formula is C14H19N3S2. The standard InChI is InChI=1S/C14H19N3S2/c1-15-12(8-11-3-5-17(2)16-11)14-7-10-9-18-6-4-13(10)19-14/h3,5,7,12,15H,4,6,8-9H2,1-2H3. The lowest BCUT2D eigenvalue weighted by molar-refractivity contribution is 0.586. The summed E-state index contributed by atoms with van der Waals surface area (Å²) in [6, 6.07) is 4.89. The van der Waals surface area contributed by atoms with Gasteiger partial charge in [0.25, 0.3) is 0 Å². The van der Waals surface area contributed by atoms with E-state index in [9.17, 15) is 0 Å². The van der Waals surface area contributed by atoms with Crippen molar-refractivity contribution in [2.45, 2.75) is 24.6 Å². The van der Waals surface area contributed by atoms with Crippen LogP contribution in [0.2, 0.25) is 0 Å². The van der Waals surface area contributed by atoms with Gasteiger partial charge in [-0.25, -0.2) is 0 Å². The van der Waals surface area contributed by atoms with E-state index in [1.165, 1.54) is 22.8 Å². The Bertz CT molecular complexity index is 535. The summed E-state index contributed by atoms with van der Waals surface area (Å²) in [6.07, 6.45) is 4.21. The molecule has 5 heteroatoms. The monoisotopic (exact) mass is 293 g/mol. The van der Waals surface area contributed by atoms with E-state index < -0.39 is 0 Å². The molecule has 0 saturated heterocycles. The Morgan fingerprint density at radius 2 is 2.42 bits per heavy atom. The molecule has 0 saturated carbocycles. The van der Waals surface area contributed by atoms with E-state index in [-0.39, 0.29) is 0 Å². The minimum absolute atomic E-state index is 0.385. The Hall–Kier alpha value is -0.780. The minimum atomic E-state index is 0.385. The molecule has 1 unspecified atom stereocenters. The van der Waals surface area contributed by atoms with Crippen molar-refractivity contribution in [1.82, 2.24) is 15.1 Å². The molecule has 3 rings (SSSR count). The van der Waals surface area contributed by atoms with Gasteiger partial charge >= 0.3 is 0 Å². The van der Waals surface area contributed by atoms with Gasteiger partial charge in [-0.3, -0.25) is 4.68 Å². The first-order valence-electron chi connectivity index (χ1n) is 6.61. The van der Waals surface area contributed by atoms with E-state index in [1.54, 1.807) is 10.4 Å². The van der Waals surface area contributed by atoms with Crippen molar-refractivity contribution in [3.05, 3.63) is 39.3 Å². The molecule has 1 atom stereocenters. The number of fused-ring (bicyclic) bond motifs is 1. The summed E-state index contributed by atoms with van der Waals surface area (Å²) in [5, 5.41) is 7.92. The highest BCUT2D eigenvalue weighted by molar-refractivity contribution is 7.98. The fourth-order valence-corrected chi connectivity index (χ4v) is 4.95. The SMILES string of the molecule is CNC(Cc1ccn(C)n1)c1cc2c(s1)CCSC2. The van der Waals surface area contributed by atoms with E-state index in [1.807, 2.05) is 48.1 Å². The van der Waals surface area contributed by atoms with Gasteiger partial charge in [0.15, 0.2) is 0 Å². The molecule has 0 radical (unpaired) electrons. The second kappa shape index (κ2) is 5.69. The Morgan fingerprint density at radius 1 is 1.53 bits per heavy atom. The van der Waals surface area contributed by atoms with Crippen LogP contribution in [0, 0.1) is 0 Å². The lowest BCUT2D eigenvalue weighted by Gasteiger charge is -2.12. The van der Waals surface area contributed by atoms with Gasteiger partial charge in [0.1, 0.15) is 0 Å². The molecule has 102 valence electrons. The number of aryl methyl sites for hydroxylation is 2. The maximum absolute atomic E-state index is 4.48. The van der Waals surface area contributed by atoms with E-state index in [0.29, 0.717) is 6.04 Å². The molecule has 0 spiro atoms. The lowest BCUT2D eigenvalue weighted by atomic mass is 10.1. The normalized spacial score (nSPS) is 16.3. The van der Waals surface area contributed by atoms with Gasteiger partial charge in [-0.05, 0) is 36.9 Å². The van der Waals surface area contributed by atoms with Gasteiger partial charge in [0, 0.05) is 41.2 Å². The molecule has 1 N–H and O–H groups in total. The predicted molar refractivity (Wildman–Crippen MR) is 82.9 cm³/mol. The van der Waals surface area contributed by atoms with Crippen LogP contribution in [-0.2, 0) is 25.6 Å². The fourth-order valence-electron chi connectivity index (χ4n) is 2.47. The highest BCUT2D eigenvalue weighted by Crippen LogP contribution is 2.35. The molecule has 1 aliphatic rings. The van der Waals surface area contributed by atoms with Crippen LogP contribution in [0.25, 0.3) is 0 Å². The fraction of sp³-hybridized carbons (Fsp3) is 0.500. The zero-order valence-electron chi connectivity index (χ0n) is 11.3. The van der Waals surface area contributed by atoms with Gasteiger partial charge in [-0.1, -0.05) is 0 Å². The first kappa shape index (κ1) is 13.2. The maximum Gasteiger partial charge on any atom is 0.0643 e. The predicted octanol–water partition coefficient (Wildman–Crippen LogP) is 2.77. The van der Waals surface area contributed by atoms with E-state index in [2.05, 4.69) is 22.5 Å². The van der Waals surface area contributed by atoms with Crippen molar-refractivity contribution in [3.63, 3.8) is 0 Å². The molecule has 0 fully saturated rings. The minimum Gasteiger partial charge on any atom is -0.312 e. The largest absolute Gasteiger partial charge is 0.312 e. The number of hydrogen-bond acceptors (Lipinski definition) is 4. The molecular weight excluding hydrogens is 274 g/mol. The quantitative estimate of drug-likeness (QED) is 0.940. The summed E-state index contributed by atoms with van der Waals surface area (Å²) in [7, 11) is 4.01. The Labute approximate surface area is 122 Å². The van der Waals surface area contributed by atoms with Crippen LogP contribution in [0.1, 0.15) is 27.1 Å². The second-order valence-electron chi connectivity index (χ2n) is 4.93. The molecule has 0 amide bonds. The Balaban J connectivity index is 1.79. The summed E-state index contributed by atoms with van der Waals surface area (Å²) in [5.74, 6) is 2.46. The molecule has 2 aromatic rings. The summed E-state index contributed by atoms with van der Waals surface area (Å²) in [6.45, 7) is 0. The second-order valence-corrected chi connectivity index (χ2v) is 7.20. The molecule has 2 aromatic heterocycles. The van der Waals surface area contributed by atoms with Crippen molar-refractivity contribution >= 4 is 23.1 Å². The Kier molecular flexibility index (Phi) is 3.96. The Morgan fingerprint density at radius 3 is 3.11 bits per heavy atom. The molecule has 3 nitrogen and oxygen atoms in total. The molecule has 0 aromatic carbocycles. The molecule has 0 bridgehead atoms. The molecule has 1 aliphatic heterocycles. The third kappa shape index (κ3) is 2.88. The summed E-state index contributed by atoms with van der Waals surface area (Å²) >= 11 is 4.03. The smallest absolute Gasteiger partial charge is 0.0643 e. The summed E-state index contributed by atoms with van der Waals surface area (Å²) < 4.78 is 1.87. The van der Waals surface area contributed by atoms with Crippen LogP contribution in [0.5, 0.6) is 0 Å². The third-order valence-electron chi connectivity index (χ3n) is 3.52. The number of thiophene rings is 1. The van der Waals surface area contributed by atoms with E-state index in [0.717, 1.165) is 12.1 Å². The topological polar surface area (TPSA) is 29.9 Å². The maximum atomic E-state index is 4.48. The number of likely N-dealkylation sites (N-methyl/N-ethyl adjacent to an activating group) is 1. The van der Waals surface area contributed by atoms with Gasteiger partial charge in [0.2, 0.25) is 0 Å². The number of hydrogen-bond donors (Lipinski definition) is 1. The number of aromatic nitrogens is 2. The van der Waals surface area contributed by atoms with Crippen LogP contribution in [0.15, 0.2) is 18.3 Å². The zero-order chi connectivity index (χ0) is 13.2. The first-order chi connectivity index (χ1) is 9.26. The van der Waals surface area contributed by atoms with Gasteiger partial charge in [-0.15, -0.1) is 11.3 Å². The van der Waals surface area contributed by atoms with Crippen molar-refractivity contribution in [3.8, 4) is 0 Å². The van der Waals surface area contributed by atoms with Crippen LogP contribution < -0.4 is 5.32 Å². The van der Waals surface area contributed by atoms with Crippen LogP contribution in [0.3, 0.4) is 0 Å². The summed E-state index contributed by atoms with van der Waals surface area (Å²) in [5.41, 5.74) is 2.71. The van der Waals surface area contributed by atoms with Crippen molar-refractivity contribution in [2.24, 2.45) is 7.05 Å². The zero-order valence-corrected chi connectivity index (χ0v) is 13.0. The van der Waals surface area contributed by atoms with Crippen molar-refractivity contribution < 1.29 is 0 Å². The van der Waals surface area contributed by atoms with Gasteiger partial charge in [0.05, 0.1) is 5.69 Å². The summed E-state index contributed by atoms with van der Waals surface area (Å²) in [4.78, 5) is 3.05. The molecule has 3 heterocycles. The van der Waals surface area contributed by atoms with E-state index >= 15 is 0 Å². The first-order valence-corrected chi connectivity index (χ1v) is 8.58. The third-order valence-corrected chi connectivity index (χ3v) is 5.88. The van der Waals surface area contributed by atoms with Gasteiger partial charge in [-0.2, -0.15) is 16.9 Å². The molecule has 0 aliphatic carbocycles. The number of nitrogens with one attached hydrogen (secondary N) is 1. The lowest BCUT2D eigenvalue weighted by Crippen LogP contribution is -2.18. The highest BCUT2D eigenvalue weighted by Gasteiger charge is 2.19.